The number of alkyl halides is 2. The van der Waals surface area contributed by atoms with Crippen LogP contribution in [0.2, 0.25) is 0 Å². The third-order valence-corrected chi connectivity index (χ3v) is 4.91. The van der Waals surface area contributed by atoms with Crippen molar-refractivity contribution in [2.45, 2.75) is 20.3 Å². The predicted molar refractivity (Wildman–Crippen MR) is 141 cm³/mol. The summed E-state index contributed by atoms with van der Waals surface area (Å²) >= 11 is 10.9. The van der Waals surface area contributed by atoms with E-state index in [9.17, 15) is 19.2 Å². The SMILES string of the molecule is CCOc1cc(/C=C/C(=O)CC(=O)/C=C/c2ccc(OC(=O)CCl)c(OCC)c2)ccc1OC(=O)CCl. The molecule has 0 spiro atoms. The van der Waals surface area contributed by atoms with Crippen LogP contribution in [-0.2, 0) is 19.2 Å². The Hall–Kier alpha value is -3.62. The minimum atomic E-state index is -0.618. The zero-order valence-electron chi connectivity index (χ0n) is 20.3. The van der Waals surface area contributed by atoms with Crippen LogP contribution >= 0.6 is 23.2 Å². The molecule has 0 unspecified atom stereocenters. The lowest BCUT2D eigenvalue weighted by atomic mass is 10.1. The Balaban J connectivity index is 2.03. The first-order valence-electron chi connectivity index (χ1n) is 11.3. The van der Waals surface area contributed by atoms with E-state index in [4.69, 9.17) is 42.1 Å². The number of carbonyl (C=O) groups excluding carboxylic acids is 4. The van der Waals surface area contributed by atoms with Crippen LogP contribution in [0, 0.1) is 0 Å². The lowest BCUT2D eigenvalue weighted by Crippen LogP contribution is -2.10. The molecule has 0 fully saturated rings. The topological polar surface area (TPSA) is 105 Å². The van der Waals surface area contributed by atoms with Gasteiger partial charge in [-0.3, -0.25) is 19.2 Å². The Kier molecular flexibility index (Phi) is 12.4. The summed E-state index contributed by atoms with van der Waals surface area (Å²) in [6.07, 6.45) is 5.30. The Morgan fingerprint density at radius 1 is 0.676 bits per heavy atom. The molecule has 0 atom stereocenters. The maximum Gasteiger partial charge on any atom is 0.326 e. The zero-order chi connectivity index (χ0) is 27.2. The molecule has 0 aliphatic heterocycles. The van der Waals surface area contributed by atoms with E-state index >= 15 is 0 Å². The van der Waals surface area contributed by atoms with E-state index in [-0.39, 0.29) is 29.7 Å². The van der Waals surface area contributed by atoms with Crippen molar-refractivity contribution in [2.75, 3.05) is 25.0 Å². The van der Waals surface area contributed by atoms with Gasteiger partial charge in [0.2, 0.25) is 0 Å². The van der Waals surface area contributed by atoms with Crippen molar-refractivity contribution in [1.82, 2.24) is 0 Å². The Labute approximate surface area is 224 Å². The first-order valence-corrected chi connectivity index (χ1v) is 12.3. The fraction of sp³-hybridized carbons (Fsp3) is 0.259. The molecule has 0 radical (unpaired) electrons. The average molecular weight is 549 g/mol. The fourth-order valence-corrected chi connectivity index (χ4v) is 3.04. The molecule has 0 heterocycles. The second-order valence-corrected chi connectivity index (χ2v) is 7.80. The highest BCUT2D eigenvalue weighted by Crippen LogP contribution is 2.30. The van der Waals surface area contributed by atoms with E-state index in [0.29, 0.717) is 35.8 Å². The van der Waals surface area contributed by atoms with Gasteiger partial charge in [0.1, 0.15) is 11.8 Å². The number of ketones is 2. The van der Waals surface area contributed by atoms with Crippen LogP contribution in [0.15, 0.2) is 48.6 Å². The van der Waals surface area contributed by atoms with Gasteiger partial charge < -0.3 is 18.9 Å². The van der Waals surface area contributed by atoms with Gasteiger partial charge in [-0.05, 0) is 61.4 Å². The predicted octanol–water partition coefficient (Wildman–Crippen LogP) is 5.03. The fourth-order valence-electron chi connectivity index (χ4n) is 2.93. The minimum Gasteiger partial charge on any atom is -0.490 e. The monoisotopic (exact) mass is 548 g/mol. The lowest BCUT2D eigenvalue weighted by Gasteiger charge is -2.10. The first kappa shape index (κ1) is 29.6. The number of hydrogen-bond acceptors (Lipinski definition) is 8. The molecule has 2 rings (SSSR count). The molecule has 10 heteroatoms. The summed E-state index contributed by atoms with van der Waals surface area (Å²) in [5, 5.41) is 0. The molecular formula is C27H26Cl2O8. The van der Waals surface area contributed by atoms with Crippen LogP contribution in [0.4, 0.5) is 0 Å². The van der Waals surface area contributed by atoms with Gasteiger partial charge in [0, 0.05) is 0 Å². The first-order chi connectivity index (χ1) is 17.8. The summed E-state index contributed by atoms with van der Waals surface area (Å²) in [7, 11) is 0. The van der Waals surface area contributed by atoms with Gasteiger partial charge in [-0.15, -0.1) is 23.2 Å². The van der Waals surface area contributed by atoms with E-state index in [2.05, 4.69) is 0 Å². The van der Waals surface area contributed by atoms with Crippen LogP contribution < -0.4 is 18.9 Å². The number of ether oxygens (including phenoxy) is 4. The van der Waals surface area contributed by atoms with Crippen molar-refractivity contribution in [3.05, 3.63) is 59.7 Å². The maximum absolute atomic E-state index is 12.3. The van der Waals surface area contributed by atoms with Crippen molar-refractivity contribution in [3.63, 3.8) is 0 Å². The van der Waals surface area contributed by atoms with Crippen molar-refractivity contribution in [2.24, 2.45) is 0 Å². The van der Waals surface area contributed by atoms with E-state index in [1.54, 1.807) is 38.1 Å². The van der Waals surface area contributed by atoms with Crippen molar-refractivity contribution in [1.29, 1.82) is 0 Å². The quantitative estimate of drug-likeness (QED) is 0.106. The van der Waals surface area contributed by atoms with Crippen LogP contribution in [0.3, 0.4) is 0 Å². The summed E-state index contributed by atoms with van der Waals surface area (Å²) in [6.45, 7) is 4.23. The molecule has 0 aliphatic carbocycles. The molecule has 0 N–H and O–H groups in total. The molecule has 196 valence electrons. The van der Waals surface area contributed by atoms with E-state index < -0.39 is 23.5 Å². The summed E-state index contributed by atoms with van der Waals surface area (Å²) < 4.78 is 21.2. The molecule has 37 heavy (non-hydrogen) atoms. The highest BCUT2D eigenvalue weighted by atomic mass is 35.5. The summed E-state index contributed by atoms with van der Waals surface area (Å²) in [5.74, 6) is -1.55. The van der Waals surface area contributed by atoms with Crippen LogP contribution in [0.1, 0.15) is 31.4 Å². The maximum atomic E-state index is 12.3. The highest BCUT2D eigenvalue weighted by molar-refractivity contribution is 6.27. The van der Waals surface area contributed by atoms with Crippen molar-refractivity contribution >= 4 is 58.9 Å². The highest BCUT2D eigenvalue weighted by Gasteiger charge is 2.12. The lowest BCUT2D eigenvalue weighted by molar-refractivity contribution is -0.132. The summed E-state index contributed by atoms with van der Waals surface area (Å²) in [6, 6.07) is 9.55. The minimum absolute atomic E-state index is 0.217. The molecule has 8 nitrogen and oxygen atoms in total. The zero-order valence-corrected chi connectivity index (χ0v) is 21.8. The number of benzene rings is 2. The van der Waals surface area contributed by atoms with Crippen LogP contribution in [0.5, 0.6) is 23.0 Å². The van der Waals surface area contributed by atoms with Gasteiger partial charge in [-0.25, -0.2) is 0 Å². The molecule has 0 amide bonds. The molecule has 0 aliphatic rings. The summed E-state index contributed by atoms with van der Waals surface area (Å²) in [5.41, 5.74) is 1.23. The number of hydrogen-bond donors (Lipinski definition) is 0. The number of allylic oxidation sites excluding steroid dienone is 2. The van der Waals surface area contributed by atoms with Gasteiger partial charge in [-0.1, -0.05) is 24.3 Å². The number of esters is 2. The largest absolute Gasteiger partial charge is 0.490 e. The molecule has 0 saturated heterocycles. The van der Waals surface area contributed by atoms with Crippen molar-refractivity contribution < 1.29 is 38.1 Å². The second-order valence-electron chi connectivity index (χ2n) is 7.27. The van der Waals surface area contributed by atoms with Gasteiger partial charge in [0.15, 0.2) is 34.6 Å². The molecule has 0 saturated carbocycles. The van der Waals surface area contributed by atoms with E-state index in [0.717, 1.165) is 0 Å². The molecule has 0 bridgehead atoms. The number of rotatable bonds is 14. The summed E-state index contributed by atoms with van der Waals surface area (Å²) in [4.78, 5) is 47.5. The third kappa shape index (κ3) is 10.1. The number of carbonyl (C=O) groups is 4. The Morgan fingerprint density at radius 3 is 1.43 bits per heavy atom. The number of halogens is 2. The van der Waals surface area contributed by atoms with Crippen molar-refractivity contribution in [3.8, 4) is 23.0 Å². The second kappa shape index (κ2) is 15.5. The van der Waals surface area contributed by atoms with Gasteiger partial charge in [-0.2, -0.15) is 0 Å². The van der Waals surface area contributed by atoms with Crippen LogP contribution in [-0.4, -0.2) is 48.5 Å². The van der Waals surface area contributed by atoms with Gasteiger partial charge in [0.05, 0.1) is 19.6 Å². The van der Waals surface area contributed by atoms with Gasteiger partial charge >= 0.3 is 11.9 Å². The van der Waals surface area contributed by atoms with E-state index in [1.807, 2.05) is 0 Å². The molecule has 0 aromatic heterocycles. The van der Waals surface area contributed by atoms with E-state index in [1.165, 1.54) is 36.4 Å². The third-order valence-electron chi connectivity index (χ3n) is 4.47. The smallest absolute Gasteiger partial charge is 0.326 e. The van der Waals surface area contributed by atoms with Gasteiger partial charge in [0.25, 0.3) is 0 Å². The Bertz CT molecular complexity index is 1100. The average Bonchev–Trinajstić information content (AvgIpc) is 2.88. The van der Waals surface area contributed by atoms with Crippen LogP contribution in [0.25, 0.3) is 12.2 Å². The molecule has 2 aromatic carbocycles. The molecular weight excluding hydrogens is 523 g/mol. The Morgan fingerprint density at radius 2 is 1.08 bits per heavy atom. The molecule has 2 aromatic rings. The standard InChI is InChI=1S/C27H26Cl2O8/c1-3-34-24-13-18(7-11-22(24)36-26(32)16-28)5-9-20(30)15-21(31)10-6-19-8-12-23(37-27(33)17-29)25(14-19)35-4-2/h5-14H,3-4,15-17H2,1-2H3/b9-5+,10-6+. The normalized spacial score (nSPS) is 10.9.